The Hall–Kier alpha value is -3.17. The molecule has 1 rings (SSSR count). The predicted octanol–water partition coefficient (Wildman–Crippen LogP) is -3.61. The fourth-order valence-electron chi connectivity index (χ4n) is 2.64. The molecule has 1 heterocycles. The average Bonchev–Trinajstić information content (AvgIpc) is 3.25. The molecule has 5 unspecified atom stereocenters. The van der Waals surface area contributed by atoms with Gasteiger partial charge in [-0.05, 0) is 13.3 Å². The molecule has 1 aromatic heterocycles. The number of nitrogens with zero attached hydrogens (tertiary/aromatic N) is 1. The Bertz CT molecular complexity index is 834. The number of carboxylic acid groups (broad SMARTS) is 1. The monoisotopic (exact) mass is 487 g/mol. The first-order valence-corrected chi connectivity index (χ1v) is 10.5. The number of hydrogen-bond donors (Lipinski definition) is 9. The van der Waals surface area contributed by atoms with Crippen molar-refractivity contribution < 1.29 is 34.2 Å². The van der Waals surface area contributed by atoms with Crippen LogP contribution in [-0.2, 0) is 30.4 Å². The van der Waals surface area contributed by atoms with Gasteiger partial charge in [-0.15, -0.1) is 0 Å². The molecule has 5 atom stereocenters. The number of rotatable bonds is 14. The normalized spacial score (nSPS) is 15.4. The van der Waals surface area contributed by atoms with E-state index in [0.717, 1.165) is 0 Å². The summed E-state index contributed by atoms with van der Waals surface area (Å²) in [5, 5.41) is 26.0. The summed E-state index contributed by atoms with van der Waals surface area (Å²) in [7, 11) is 0. The maximum absolute atomic E-state index is 12.9. The highest BCUT2D eigenvalue weighted by Crippen LogP contribution is 2.04. The van der Waals surface area contributed by atoms with Gasteiger partial charge in [-0.3, -0.25) is 19.2 Å². The quantitative estimate of drug-likeness (QED) is 0.117. The minimum atomic E-state index is -1.52. The van der Waals surface area contributed by atoms with Crippen LogP contribution in [0.1, 0.15) is 25.5 Å². The third-order valence-corrected chi connectivity index (χ3v) is 4.88. The minimum absolute atomic E-state index is 0.0431. The van der Waals surface area contributed by atoms with E-state index in [4.69, 9.17) is 16.6 Å². The SMILES string of the molecule is CC(O)C(NC(=O)C(Cc1cnc[nH]1)NC(=O)C(N)CCC(N)=O)C(=O)NC(CS)C(=O)O. The second-order valence-electron chi connectivity index (χ2n) is 7.26. The Morgan fingerprint density at radius 1 is 1.12 bits per heavy atom. The van der Waals surface area contributed by atoms with E-state index < -0.39 is 59.9 Å². The van der Waals surface area contributed by atoms with Gasteiger partial charge >= 0.3 is 5.97 Å². The van der Waals surface area contributed by atoms with E-state index in [1.807, 2.05) is 0 Å². The van der Waals surface area contributed by atoms with Crippen molar-refractivity contribution in [1.29, 1.82) is 0 Å². The van der Waals surface area contributed by atoms with Crippen LogP contribution in [0.5, 0.6) is 0 Å². The van der Waals surface area contributed by atoms with Gasteiger partial charge in [-0.1, -0.05) is 0 Å². The smallest absolute Gasteiger partial charge is 0.327 e. The second-order valence-corrected chi connectivity index (χ2v) is 7.63. The molecule has 0 bridgehead atoms. The summed E-state index contributed by atoms with van der Waals surface area (Å²) in [6.07, 6.45) is 1.14. The number of nitrogens with one attached hydrogen (secondary N) is 4. The van der Waals surface area contributed by atoms with E-state index in [1.165, 1.54) is 19.4 Å². The van der Waals surface area contributed by atoms with Crippen molar-refractivity contribution in [2.45, 2.75) is 56.5 Å². The van der Waals surface area contributed by atoms with Gasteiger partial charge in [0.1, 0.15) is 18.1 Å². The summed E-state index contributed by atoms with van der Waals surface area (Å²) in [5.41, 5.74) is 11.3. The number of carboxylic acids is 1. The molecule has 0 spiro atoms. The molecule has 0 aromatic carbocycles. The van der Waals surface area contributed by atoms with Gasteiger partial charge in [0.25, 0.3) is 0 Å². The van der Waals surface area contributed by atoms with Crippen LogP contribution in [0, 0.1) is 0 Å². The summed E-state index contributed by atoms with van der Waals surface area (Å²) in [4.78, 5) is 66.4. The summed E-state index contributed by atoms with van der Waals surface area (Å²) >= 11 is 3.85. The van der Waals surface area contributed by atoms with Gasteiger partial charge < -0.3 is 42.6 Å². The van der Waals surface area contributed by atoms with E-state index in [9.17, 15) is 29.1 Å². The number of aliphatic hydroxyl groups excluding tert-OH is 1. The zero-order valence-corrected chi connectivity index (χ0v) is 18.7. The van der Waals surface area contributed by atoms with Crippen LogP contribution in [-0.4, -0.2) is 85.8 Å². The summed E-state index contributed by atoms with van der Waals surface area (Å²) in [6.45, 7) is 1.23. The first-order chi connectivity index (χ1) is 15.5. The van der Waals surface area contributed by atoms with E-state index >= 15 is 0 Å². The largest absolute Gasteiger partial charge is 0.480 e. The fraction of sp³-hybridized carbons (Fsp3) is 0.556. The Morgan fingerprint density at radius 2 is 1.76 bits per heavy atom. The van der Waals surface area contributed by atoms with E-state index in [2.05, 4.69) is 38.5 Å². The molecule has 0 saturated heterocycles. The van der Waals surface area contributed by atoms with Crippen LogP contribution in [0.25, 0.3) is 0 Å². The molecule has 0 radical (unpaired) electrons. The number of aliphatic hydroxyl groups is 1. The van der Waals surface area contributed by atoms with Gasteiger partial charge in [0.2, 0.25) is 23.6 Å². The average molecular weight is 488 g/mol. The van der Waals surface area contributed by atoms with Gasteiger partial charge in [0.05, 0.1) is 18.5 Å². The first kappa shape index (κ1) is 27.9. The van der Waals surface area contributed by atoms with E-state index in [0.29, 0.717) is 5.69 Å². The molecule has 15 heteroatoms. The van der Waals surface area contributed by atoms with Gasteiger partial charge in [0.15, 0.2) is 0 Å². The lowest BCUT2D eigenvalue weighted by Gasteiger charge is -2.26. The van der Waals surface area contributed by atoms with Crippen LogP contribution in [0.4, 0.5) is 0 Å². The third kappa shape index (κ3) is 9.46. The van der Waals surface area contributed by atoms with E-state index in [1.54, 1.807) is 0 Å². The lowest BCUT2D eigenvalue weighted by Crippen LogP contribution is -2.60. The molecule has 0 aliphatic rings. The maximum Gasteiger partial charge on any atom is 0.327 e. The number of carbonyl (C=O) groups excluding carboxylic acids is 4. The lowest BCUT2D eigenvalue weighted by molar-refractivity contribution is -0.142. The number of nitrogens with two attached hydrogens (primary N) is 2. The Labute approximate surface area is 194 Å². The number of thiol groups is 1. The standard InChI is InChI=1S/C18H29N7O7S/c1-8(26)14(17(30)24-12(6-33)18(31)32)25-16(29)11(4-9-5-21-7-22-9)23-15(28)10(19)2-3-13(20)27/h5,7-8,10-12,14,26,33H,2-4,6,19H2,1H3,(H2,20,27)(H,21,22)(H,23,28)(H,24,30)(H,25,29)(H,31,32). The molecule has 0 saturated carbocycles. The predicted molar refractivity (Wildman–Crippen MR) is 118 cm³/mol. The van der Waals surface area contributed by atoms with Gasteiger partial charge in [-0.25, -0.2) is 9.78 Å². The third-order valence-electron chi connectivity index (χ3n) is 4.51. The van der Waals surface area contributed by atoms with Crippen LogP contribution in [0.3, 0.4) is 0 Å². The molecular weight excluding hydrogens is 458 g/mol. The molecule has 1 aromatic rings. The number of amides is 4. The van der Waals surface area contributed by atoms with Crippen molar-refractivity contribution >= 4 is 42.2 Å². The van der Waals surface area contributed by atoms with Crippen molar-refractivity contribution in [3.8, 4) is 0 Å². The van der Waals surface area contributed by atoms with Crippen molar-refractivity contribution in [1.82, 2.24) is 25.9 Å². The zero-order chi connectivity index (χ0) is 25.1. The summed E-state index contributed by atoms with van der Waals surface area (Å²) in [5.74, 6) is -4.75. The number of imidazole rings is 1. The Balaban J connectivity index is 2.97. The number of aromatic nitrogens is 2. The number of aliphatic carboxylic acids is 1. The van der Waals surface area contributed by atoms with Crippen LogP contribution >= 0.6 is 12.6 Å². The minimum Gasteiger partial charge on any atom is -0.480 e. The zero-order valence-electron chi connectivity index (χ0n) is 17.9. The highest BCUT2D eigenvalue weighted by molar-refractivity contribution is 7.80. The van der Waals surface area contributed by atoms with Crippen LogP contribution in [0.2, 0.25) is 0 Å². The Morgan fingerprint density at radius 3 is 2.24 bits per heavy atom. The number of H-pyrrole nitrogens is 1. The molecule has 0 aliphatic heterocycles. The lowest BCUT2D eigenvalue weighted by atomic mass is 10.1. The summed E-state index contributed by atoms with van der Waals surface area (Å²) in [6, 6.07) is -5.24. The van der Waals surface area contributed by atoms with Crippen LogP contribution in [0.15, 0.2) is 12.5 Å². The first-order valence-electron chi connectivity index (χ1n) is 9.90. The van der Waals surface area contributed by atoms with E-state index in [-0.39, 0.29) is 25.0 Å². The number of carbonyl (C=O) groups is 5. The molecule has 0 fully saturated rings. The maximum atomic E-state index is 12.9. The molecule has 33 heavy (non-hydrogen) atoms. The number of hydrogen-bond acceptors (Lipinski definition) is 9. The van der Waals surface area contributed by atoms with Crippen molar-refractivity contribution in [3.05, 3.63) is 18.2 Å². The molecule has 184 valence electrons. The van der Waals surface area contributed by atoms with Gasteiger partial charge in [0, 0.05) is 30.5 Å². The molecule has 14 nitrogen and oxygen atoms in total. The van der Waals surface area contributed by atoms with Crippen molar-refractivity contribution in [3.63, 3.8) is 0 Å². The molecular formula is C18H29N7O7S. The Kier molecular flexibility index (Phi) is 11.3. The number of aromatic amines is 1. The highest BCUT2D eigenvalue weighted by atomic mass is 32.1. The van der Waals surface area contributed by atoms with Gasteiger partial charge in [-0.2, -0.15) is 12.6 Å². The van der Waals surface area contributed by atoms with Crippen molar-refractivity contribution in [2.24, 2.45) is 11.5 Å². The molecule has 0 aliphatic carbocycles. The number of primary amides is 1. The topological polar surface area (TPSA) is 243 Å². The van der Waals surface area contributed by atoms with Crippen molar-refractivity contribution in [2.75, 3.05) is 5.75 Å². The summed E-state index contributed by atoms with van der Waals surface area (Å²) < 4.78 is 0. The van der Waals surface area contributed by atoms with Crippen LogP contribution < -0.4 is 27.4 Å². The highest BCUT2D eigenvalue weighted by Gasteiger charge is 2.32. The molecule has 4 amide bonds. The fourth-order valence-corrected chi connectivity index (χ4v) is 2.89. The second kappa shape index (κ2) is 13.4. The molecule has 10 N–H and O–H groups in total.